The number of hydrogen-bond acceptors (Lipinski definition) is 3. The van der Waals surface area contributed by atoms with Gasteiger partial charge in [0.05, 0.1) is 17.8 Å². The second-order valence-electron chi connectivity index (χ2n) is 4.75. The first-order chi connectivity index (χ1) is 10.0. The van der Waals surface area contributed by atoms with Crippen LogP contribution in [0.2, 0.25) is 5.02 Å². The molecule has 5 heteroatoms. The number of nitrogens with zero attached hydrogens (tertiary/aromatic N) is 2. The van der Waals surface area contributed by atoms with Crippen LogP contribution in [0, 0.1) is 6.92 Å². The van der Waals surface area contributed by atoms with Crippen LogP contribution in [-0.4, -0.2) is 27.4 Å². The van der Waals surface area contributed by atoms with Gasteiger partial charge in [-0.25, -0.2) is 0 Å². The summed E-state index contributed by atoms with van der Waals surface area (Å²) in [7, 11) is 0. The number of hydrogen-bond donors (Lipinski definition) is 1. The number of phenolic OH excluding ortho intramolecular Hbond substituents is 1. The zero-order valence-electron chi connectivity index (χ0n) is 12.0. The van der Waals surface area contributed by atoms with Crippen LogP contribution in [0.3, 0.4) is 0 Å². The van der Waals surface area contributed by atoms with Gasteiger partial charge >= 0.3 is 0 Å². The van der Waals surface area contributed by atoms with Crippen molar-refractivity contribution in [2.75, 3.05) is 6.54 Å². The molecule has 0 saturated heterocycles. The average Bonchev–Trinajstić information content (AvgIpc) is 2.46. The van der Waals surface area contributed by atoms with E-state index in [4.69, 9.17) is 11.6 Å². The van der Waals surface area contributed by atoms with Gasteiger partial charge in [0.1, 0.15) is 5.75 Å². The molecule has 0 aliphatic rings. The van der Waals surface area contributed by atoms with E-state index in [2.05, 4.69) is 4.98 Å². The first-order valence-corrected chi connectivity index (χ1v) is 7.09. The molecule has 1 aromatic carbocycles. The van der Waals surface area contributed by atoms with E-state index in [1.165, 1.54) is 12.1 Å². The lowest BCUT2D eigenvalue weighted by Crippen LogP contribution is -2.30. The van der Waals surface area contributed by atoms with Crippen molar-refractivity contribution in [3.05, 3.63) is 58.4 Å². The third-order valence-electron chi connectivity index (χ3n) is 3.16. The summed E-state index contributed by atoms with van der Waals surface area (Å²) in [6, 6.07) is 10.1. The standard InChI is InChI=1S/C16H17ClN2O2/c1-3-19(10-13-6-4-5-11(2)18-13)16(21)14-9-12(17)7-8-15(14)20/h4-9,20H,3,10H2,1-2H3. The number of aromatic hydroxyl groups is 1. The maximum Gasteiger partial charge on any atom is 0.258 e. The van der Waals surface area contributed by atoms with Crippen molar-refractivity contribution in [3.63, 3.8) is 0 Å². The summed E-state index contributed by atoms with van der Waals surface area (Å²) in [5.74, 6) is -0.333. The molecule has 0 radical (unpaired) electrons. The number of phenols is 1. The third kappa shape index (κ3) is 3.73. The normalized spacial score (nSPS) is 10.4. The number of rotatable bonds is 4. The van der Waals surface area contributed by atoms with E-state index >= 15 is 0 Å². The molecule has 4 nitrogen and oxygen atoms in total. The summed E-state index contributed by atoms with van der Waals surface area (Å²) in [6.45, 7) is 4.70. The Kier molecular flexibility index (Phi) is 4.81. The highest BCUT2D eigenvalue weighted by Crippen LogP contribution is 2.23. The molecular formula is C16H17ClN2O2. The molecular weight excluding hydrogens is 288 g/mol. The van der Waals surface area contributed by atoms with Gasteiger partial charge in [-0.3, -0.25) is 9.78 Å². The summed E-state index contributed by atoms with van der Waals surface area (Å²) in [4.78, 5) is 18.5. The summed E-state index contributed by atoms with van der Waals surface area (Å²) in [5, 5.41) is 10.3. The molecule has 1 aromatic heterocycles. The van der Waals surface area contributed by atoms with Gasteiger partial charge in [-0.2, -0.15) is 0 Å². The summed E-state index contributed by atoms with van der Waals surface area (Å²) in [6.07, 6.45) is 0. The number of pyridine rings is 1. The van der Waals surface area contributed by atoms with E-state index < -0.39 is 0 Å². The highest BCUT2D eigenvalue weighted by atomic mass is 35.5. The van der Waals surface area contributed by atoms with Gasteiger partial charge in [-0.05, 0) is 44.2 Å². The molecule has 0 fully saturated rings. The lowest BCUT2D eigenvalue weighted by Gasteiger charge is -2.21. The number of halogens is 1. The molecule has 1 N–H and O–H groups in total. The molecule has 2 rings (SSSR count). The SMILES string of the molecule is CCN(Cc1cccc(C)n1)C(=O)c1cc(Cl)ccc1O. The monoisotopic (exact) mass is 304 g/mol. The third-order valence-corrected chi connectivity index (χ3v) is 3.39. The van der Waals surface area contributed by atoms with Crippen LogP contribution in [0.15, 0.2) is 36.4 Å². The average molecular weight is 305 g/mol. The van der Waals surface area contributed by atoms with Crippen LogP contribution in [0.4, 0.5) is 0 Å². The van der Waals surface area contributed by atoms with E-state index in [1.807, 2.05) is 32.0 Å². The summed E-state index contributed by atoms with van der Waals surface area (Å²) >= 11 is 5.90. The molecule has 0 spiro atoms. The highest BCUT2D eigenvalue weighted by Gasteiger charge is 2.18. The van der Waals surface area contributed by atoms with Gasteiger partial charge in [-0.1, -0.05) is 17.7 Å². The number of benzene rings is 1. The molecule has 1 amide bonds. The molecule has 110 valence electrons. The quantitative estimate of drug-likeness (QED) is 0.941. The van der Waals surface area contributed by atoms with E-state index in [0.717, 1.165) is 11.4 Å². The fourth-order valence-corrected chi connectivity index (χ4v) is 2.23. The Balaban J connectivity index is 2.24. The van der Waals surface area contributed by atoms with Gasteiger partial charge in [0.25, 0.3) is 5.91 Å². The number of carbonyl (C=O) groups is 1. The van der Waals surface area contributed by atoms with Crippen molar-refractivity contribution in [1.82, 2.24) is 9.88 Å². The predicted octanol–water partition coefficient (Wildman–Crippen LogP) is 3.41. The Labute approximate surface area is 129 Å². The molecule has 2 aromatic rings. The lowest BCUT2D eigenvalue weighted by atomic mass is 10.1. The van der Waals surface area contributed by atoms with Gasteiger partial charge in [0.2, 0.25) is 0 Å². The smallest absolute Gasteiger partial charge is 0.258 e. The molecule has 0 aliphatic carbocycles. The van der Waals surface area contributed by atoms with Crippen molar-refractivity contribution in [1.29, 1.82) is 0 Å². The van der Waals surface area contributed by atoms with Crippen LogP contribution in [-0.2, 0) is 6.54 Å². The summed E-state index contributed by atoms with van der Waals surface area (Å²) < 4.78 is 0. The van der Waals surface area contributed by atoms with E-state index in [-0.39, 0.29) is 17.2 Å². The highest BCUT2D eigenvalue weighted by molar-refractivity contribution is 6.31. The van der Waals surface area contributed by atoms with Gasteiger partial charge < -0.3 is 10.0 Å². The first-order valence-electron chi connectivity index (χ1n) is 6.71. The largest absolute Gasteiger partial charge is 0.507 e. The Bertz CT molecular complexity index is 658. The zero-order chi connectivity index (χ0) is 15.4. The lowest BCUT2D eigenvalue weighted by molar-refractivity contribution is 0.0747. The Hall–Kier alpha value is -2.07. The van der Waals surface area contributed by atoms with Crippen LogP contribution in [0.5, 0.6) is 5.75 Å². The molecule has 0 aliphatic heterocycles. The number of aryl methyl sites for hydroxylation is 1. The Morgan fingerprint density at radius 2 is 2.10 bits per heavy atom. The fraction of sp³-hybridized carbons (Fsp3) is 0.250. The number of aromatic nitrogens is 1. The van der Waals surface area contributed by atoms with Crippen molar-refractivity contribution >= 4 is 17.5 Å². The molecule has 1 heterocycles. The number of carbonyl (C=O) groups excluding carboxylic acids is 1. The van der Waals surface area contributed by atoms with Crippen LogP contribution >= 0.6 is 11.6 Å². The zero-order valence-corrected chi connectivity index (χ0v) is 12.8. The fourth-order valence-electron chi connectivity index (χ4n) is 2.06. The van der Waals surface area contributed by atoms with Crippen molar-refractivity contribution in [2.24, 2.45) is 0 Å². The van der Waals surface area contributed by atoms with Crippen molar-refractivity contribution in [2.45, 2.75) is 20.4 Å². The van der Waals surface area contributed by atoms with Crippen molar-refractivity contribution < 1.29 is 9.90 Å². The van der Waals surface area contributed by atoms with Gasteiger partial charge in [0.15, 0.2) is 0 Å². The molecule has 0 saturated carbocycles. The second kappa shape index (κ2) is 6.59. The Morgan fingerprint density at radius 1 is 1.33 bits per heavy atom. The minimum Gasteiger partial charge on any atom is -0.507 e. The van der Waals surface area contributed by atoms with E-state index in [1.54, 1.807) is 11.0 Å². The Morgan fingerprint density at radius 3 is 2.76 bits per heavy atom. The van der Waals surface area contributed by atoms with E-state index in [9.17, 15) is 9.90 Å². The molecule has 0 unspecified atom stereocenters. The number of amides is 1. The van der Waals surface area contributed by atoms with Crippen LogP contribution in [0.25, 0.3) is 0 Å². The minimum atomic E-state index is -0.263. The van der Waals surface area contributed by atoms with Gasteiger partial charge in [-0.15, -0.1) is 0 Å². The topological polar surface area (TPSA) is 53.4 Å². The maximum absolute atomic E-state index is 12.5. The van der Waals surface area contributed by atoms with E-state index in [0.29, 0.717) is 18.1 Å². The molecule has 0 atom stereocenters. The summed E-state index contributed by atoms with van der Waals surface area (Å²) in [5.41, 5.74) is 1.92. The van der Waals surface area contributed by atoms with Gasteiger partial charge in [0, 0.05) is 17.3 Å². The molecule has 21 heavy (non-hydrogen) atoms. The van der Waals surface area contributed by atoms with Crippen LogP contribution < -0.4 is 0 Å². The van der Waals surface area contributed by atoms with Crippen molar-refractivity contribution in [3.8, 4) is 5.75 Å². The predicted molar refractivity (Wildman–Crippen MR) is 82.5 cm³/mol. The first kappa shape index (κ1) is 15.3. The molecule has 0 bridgehead atoms. The minimum absolute atomic E-state index is 0.0694. The van der Waals surface area contributed by atoms with Crippen LogP contribution in [0.1, 0.15) is 28.7 Å². The second-order valence-corrected chi connectivity index (χ2v) is 5.19. The maximum atomic E-state index is 12.5.